The fourth-order valence-corrected chi connectivity index (χ4v) is 4.92. The van der Waals surface area contributed by atoms with Gasteiger partial charge < -0.3 is 14.6 Å². The lowest BCUT2D eigenvalue weighted by Gasteiger charge is -2.31. The normalized spacial score (nSPS) is 35.9. The van der Waals surface area contributed by atoms with E-state index in [9.17, 15) is 24.6 Å². The summed E-state index contributed by atoms with van der Waals surface area (Å²) in [5.41, 5.74) is -0.938. The number of ketones is 2. The first-order valence-corrected chi connectivity index (χ1v) is 8.04. The van der Waals surface area contributed by atoms with Crippen molar-refractivity contribution < 1.29 is 24.2 Å². The molecule has 1 aromatic rings. The van der Waals surface area contributed by atoms with Gasteiger partial charge in [0.2, 0.25) is 17.0 Å². The highest BCUT2D eigenvalue weighted by molar-refractivity contribution is 6.34. The van der Waals surface area contributed by atoms with Crippen LogP contribution in [0.15, 0.2) is 33.2 Å². The van der Waals surface area contributed by atoms with E-state index in [1.54, 1.807) is 0 Å². The molecule has 2 N–H and O–H groups in total. The minimum absolute atomic E-state index is 0.120. The van der Waals surface area contributed by atoms with Crippen molar-refractivity contribution in [3.05, 3.63) is 45.7 Å². The summed E-state index contributed by atoms with van der Waals surface area (Å²) < 4.78 is 5.78. The highest BCUT2D eigenvalue weighted by Gasteiger charge is 2.85. The second-order valence-electron chi connectivity index (χ2n) is 7.12. The maximum Gasteiger partial charge on any atom is 0.227 e. The zero-order chi connectivity index (χ0) is 16.8. The molecule has 3 fully saturated rings. The predicted molar refractivity (Wildman–Crippen MR) is 81.3 cm³/mol. The molecular formula is C18H14O6. The van der Waals surface area contributed by atoms with Crippen LogP contribution in [-0.2, 0) is 15.0 Å². The van der Waals surface area contributed by atoms with Crippen molar-refractivity contribution in [1.29, 1.82) is 0 Å². The molecule has 0 aromatic carbocycles. The molecule has 0 aliphatic heterocycles. The van der Waals surface area contributed by atoms with Crippen LogP contribution in [0.1, 0.15) is 30.8 Å². The average molecular weight is 326 g/mol. The summed E-state index contributed by atoms with van der Waals surface area (Å²) in [6, 6.07) is 1.32. The molecule has 0 radical (unpaired) electrons. The van der Waals surface area contributed by atoms with Crippen molar-refractivity contribution in [3.63, 3.8) is 0 Å². The number of hydrogen-bond donors (Lipinski definition) is 2. The third-order valence-electron chi connectivity index (χ3n) is 6.06. The average Bonchev–Trinajstić information content (AvgIpc) is 3.45. The number of rotatable bonds is 2. The molecule has 1 aromatic heterocycles. The van der Waals surface area contributed by atoms with Crippen LogP contribution >= 0.6 is 0 Å². The molecule has 0 amide bonds. The first-order chi connectivity index (χ1) is 11.4. The molecule has 6 nitrogen and oxygen atoms in total. The lowest BCUT2D eigenvalue weighted by molar-refractivity contribution is -0.116. The van der Waals surface area contributed by atoms with Gasteiger partial charge in [-0.05, 0) is 30.6 Å². The van der Waals surface area contributed by atoms with Gasteiger partial charge in [-0.2, -0.15) is 0 Å². The Hall–Kier alpha value is -2.63. The van der Waals surface area contributed by atoms with Gasteiger partial charge in [0, 0.05) is 23.6 Å². The number of aliphatic hydroxyl groups excluding tert-OH is 1. The molecule has 5 rings (SSSR count). The van der Waals surface area contributed by atoms with Crippen molar-refractivity contribution in [2.75, 3.05) is 0 Å². The second-order valence-corrected chi connectivity index (χ2v) is 7.12. The molecular weight excluding hydrogens is 312 g/mol. The molecule has 24 heavy (non-hydrogen) atoms. The Bertz CT molecular complexity index is 937. The van der Waals surface area contributed by atoms with Crippen molar-refractivity contribution >= 4 is 17.1 Å². The second kappa shape index (κ2) is 4.06. The molecule has 4 aliphatic carbocycles. The zero-order valence-electron chi connectivity index (χ0n) is 12.6. The predicted octanol–water partition coefficient (Wildman–Crippen LogP) is 1.62. The van der Waals surface area contributed by atoms with E-state index in [1.807, 2.05) is 0 Å². The topological polar surface area (TPSA) is 105 Å². The minimum Gasteiger partial charge on any atom is -0.504 e. The van der Waals surface area contributed by atoms with Gasteiger partial charge in [0.15, 0.2) is 17.3 Å². The van der Waals surface area contributed by atoms with Crippen LogP contribution in [0.5, 0.6) is 5.75 Å². The van der Waals surface area contributed by atoms with E-state index in [-0.39, 0.29) is 16.7 Å². The molecule has 6 heteroatoms. The summed E-state index contributed by atoms with van der Waals surface area (Å²) in [6.07, 6.45) is 4.91. The summed E-state index contributed by atoms with van der Waals surface area (Å²) in [5, 5.41) is 19.4. The van der Waals surface area contributed by atoms with Crippen LogP contribution in [0.4, 0.5) is 0 Å². The van der Waals surface area contributed by atoms with Crippen LogP contribution in [-0.4, -0.2) is 21.8 Å². The van der Waals surface area contributed by atoms with Gasteiger partial charge in [0.05, 0.1) is 5.57 Å². The van der Waals surface area contributed by atoms with Gasteiger partial charge in [-0.15, -0.1) is 0 Å². The molecule has 0 bridgehead atoms. The highest BCUT2D eigenvalue weighted by atomic mass is 16.4. The summed E-state index contributed by atoms with van der Waals surface area (Å²) in [5.74, 6) is -0.739. The number of aromatic hydroxyl groups is 1. The molecule has 1 heterocycles. The lowest BCUT2D eigenvalue weighted by atomic mass is 9.74. The Morgan fingerprint density at radius 1 is 1.08 bits per heavy atom. The van der Waals surface area contributed by atoms with Crippen molar-refractivity contribution in [1.82, 2.24) is 0 Å². The van der Waals surface area contributed by atoms with Gasteiger partial charge in [-0.25, -0.2) is 0 Å². The fraction of sp³-hybridized carbons (Fsp3) is 0.389. The minimum atomic E-state index is -0.762. The fourth-order valence-electron chi connectivity index (χ4n) is 4.92. The number of fused-ring (bicyclic) bond motifs is 2. The van der Waals surface area contributed by atoms with Crippen LogP contribution < -0.4 is 5.43 Å². The third kappa shape index (κ3) is 1.48. The lowest BCUT2D eigenvalue weighted by Crippen LogP contribution is -2.28. The van der Waals surface area contributed by atoms with Gasteiger partial charge >= 0.3 is 0 Å². The Labute approximate surface area is 136 Å². The molecule has 0 saturated heterocycles. The van der Waals surface area contributed by atoms with Crippen molar-refractivity contribution in [2.24, 2.45) is 17.8 Å². The Kier molecular flexibility index (Phi) is 2.33. The Morgan fingerprint density at radius 3 is 2.54 bits per heavy atom. The first-order valence-electron chi connectivity index (χ1n) is 8.04. The summed E-state index contributed by atoms with van der Waals surface area (Å²) in [7, 11) is 0. The maximum atomic E-state index is 12.2. The van der Waals surface area contributed by atoms with Crippen LogP contribution in [0.3, 0.4) is 0 Å². The largest absolute Gasteiger partial charge is 0.504 e. The third-order valence-corrected chi connectivity index (χ3v) is 6.06. The quantitative estimate of drug-likeness (QED) is 0.800. The highest BCUT2D eigenvalue weighted by Crippen LogP contribution is 2.86. The number of aliphatic hydroxyl groups is 1. The van der Waals surface area contributed by atoms with E-state index in [1.165, 1.54) is 12.5 Å². The zero-order valence-corrected chi connectivity index (χ0v) is 12.6. The summed E-state index contributed by atoms with van der Waals surface area (Å²) in [6.45, 7) is 0. The van der Waals surface area contributed by atoms with E-state index in [0.29, 0.717) is 17.6 Å². The molecule has 0 spiro atoms. The Morgan fingerprint density at radius 2 is 1.83 bits per heavy atom. The van der Waals surface area contributed by atoms with Crippen molar-refractivity contribution in [2.45, 2.75) is 24.7 Å². The standard InChI is InChI=1S/C18H14O6/c19-9-5-11(21)10(20)4-8(9)17-16(23)12(22)6-13(24-17)18-3-1-2-7-14(18)15(7)18/h4-7,14-15,21,23H,1-3H2. The van der Waals surface area contributed by atoms with E-state index < -0.39 is 28.5 Å². The molecule has 4 aliphatic rings. The smallest absolute Gasteiger partial charge is 0.227 e. The molecule has 2 unspecified atom stereocenters. The van der Waals surface area contributed by atoms with E-state index in [4.69, 9.17) is 4.42 Å². The van der Waals surface area contributed by atoms with Crippen LogP contribution in [0, 0.1) is 17.8 Å². The number of carbonyl (C=O) groups is 2. The molecule has 2 atom stereocenters. The monoisotopic (exact) mass is 326 g/mol. The van der Waals surface area contributed by atoms with E-state index in [0.717, 1.165) is 30.9 Å². The van der Waals surface area contributed by atoms with E-state index >= 15 is 0 Å². The van der Waals surface area contributed by atoms with Crippen molar-refractivity contribution in [3.8, 4) is 5.75 Å². The van der Waals surface area contributed by atoms with Gasteiger partial charge in [-0.3, -0.25) is 14.4 Å². The SMILES string of the molecule is O=C1C=C(c2oc(C34CCCC5C3C54)cc(=O)c2O)C(=O)C=C1O. The summed E-state index contributed by atoms with van der Waals surface area (Å²) >= 11 is 0. The van der Waals surface area contributed by atoms with Gasteiger partial charge in [-0.1, -0.05) is 6.42 Å². The maximum absolute atomic E-state index is 12.2. The van der Waals surface area contributed by atoms with Gasteiger partial charge in [0.1, 0.15) is 5.76 Å². The number of carbonyl (C=O) groups excluding carboxylic acids is 2. The summed E-state index contributed by atoms with van der Waals surface area (Å²) in [4.78, 5) is 35.9. The van der Waals surface area contributed by atoms with Gasteiger partial charge in [0.25, 0.3) is 0 Å². The van der Waals surface area contributed by atoms with Crippen LogP contribution in [0.25, 0.3) is 5.57 Å². The van der Waals surface area contributed by atoms with Crippen LogP contribution in [0.2, 0.25) is 0 Å². The van der Waals surface area contributed by atoms with E-state index in [2.05, 4.69) is 0 Å². The number of allylic oxidation sites excluding steroid dienone is 3. The number of hydrogen-bond acceptors (Lipinski definition) is 6. The molecule has 122 valence electrons. The first kappa shape index (κ1) is 13.8. The molecule has 3 saturated carbocycles. The Balaban J connectivity index is 1.63.